The van der Waals surface area contributed by atoms with Crippen LogP contribution < -0.4 is 21.7 Å². The molecule has 1 aromatic carbocycles. The normalized spacial score (nSPS) is 18.9. The van der Waals surface area contributed by atoms with Gasteiger partial charge in [-0.3, -0.25) is 0 Å². The third kappa shape index (κ3) is 4.50. The number of imidazole rings is 1. The highest BCUT2D eigenvalue weighted by molar-refractivity contribution is 6.31. The zero-order chi connectivity index (χ0) is 22.8. The highest BCUT2D eigenvalue weighted by Gasteiger charge is 2.26. The molecule has 0 radical (unpaired) electrons. The van der Waals surface area contributed by atoms with Crippen LogP contribution in [0.1, 0.15) is 58.1 Å². The first-order valence-electron chi connectivity index (χ1n) is 11.6. The fraction of sp³-hybridized carbons (Fsp3) is 0.500. The maximum absolute atomic E-state index is 6.27. The van der Waals surface area contributed by atoms with Gasteiger partial charge in [-0.05, 0) is 58.4 Å². The van der Waals surface area contributed by atoms with Gasteiger partial charge in [0.1, 0.15) is 11.3 Å². The average Bonchev–Trinajstić information content (AvgIpc) is 3.17. The van der Waals surface area contributed by atoms with Crippen LogP contribution in [0.2, 0.25) is 5.02 Å². The van der Waals surface area contributed by atoms with Gasteiger partial charge in [-0.1, -0.05) is 31.4 Å². The van der Waals surface area contributed by atoms with Crippen molar-refractivity contribution in [3.63, 3.8) is 0 Å². The van der Waals surface area contributed by atoms with Crippen molar-refractivity contribution < 1.29 is 0 Å². The number of aromatic nitrogens is 3. The molecule has 172 valence electrons. The summed E-state index contributed by atoms with van der Waals surface area (Å²) >= 11 is 6.27. The highest BCUT2D eigenvalue weighted by atomic mass is 35.5. The zero-order valence-electron chi connectivity index (χ0n) is 19.4. The molecule has 0 amide bonds. The molecule has 0 saturated heterocycles. The Morgan fingerprint density at radius 3 is 2.59 bits per heavy atom. The lowest BCUT2D eigenvalue weighted by Gasteiger charge is -2.33. The summed E-state index contributed by atoms with van der Waals surface area (Å²) in [5, 5.41) is 11.4. The number of hydrogen-bond donors (Lipinski definition) is 4. The van der Waals surface area contributed by atoms with Crippen molar-refractivity contribution in [2.45, 2.75) is 71.0 Å². The van der Waals surface area contributed by atoms with Crippen LogP contribution in [0.5, 0.6) is 0 Å². The van der Waals surface area contributed by atoms with Gasteiger partial charge in [0, 0.05) is 40.1 Å². The Kier molecular flexibility index (Phi) is 6.76. The van der Waals surface area contributed by atoms with E-state index in [4.69, 9.17) is 27.3 Å². The monoisotopic (exact) mass is 455 g/mol. The van der Waals surface area contributed by atoms with Crippen molar-refractivity contribution in [2.24, 2.45) is 0 Å². The number of anilines is 4. The van der Waals surface area contributed by atoms with Crippen LogP contribution in [0, 0.1) is 0 Å². The molecule has 3 aromatic rings. The summed E-state index contributed by atoms with van der Waals surface area (Å²) in [7, 11) is 2.05. The number of likely N-dealkylation sites (N-methyl/N-ethyl adjacent to an activating group) is 1. The predicted molar refractivity (Wildman–Crippen MR) is 135 cm³/mol. The highest BCUT2D eigenvalue weighted by Crippen LogP contribution is 2.36. The summed E-state index contributed by atoms with van der Waals surface area (Å²) in [6.07, 6.45) is 7.49. The quantitative estimate of drug-likeness (QED) is 0.352. The van der Waals surface area contributed by atoms with Gasteiger partial charge >= 0.3 is 0 Å². The van der Waals surface area contributed by atoms with Crippen LogP contribution in [0.15, 0.2) is 24.5 Å². The maximum Gasteiger partial charge on any atom is 0.164 e. The molecular weight excluding hydrogens is 422 g/mol. The minimum Gasteiger partial charge on any atom is -0.399 e. The summed E-state index contributed by atoms with van der Waals surface area (Å²) in [5.74, 6) is 0.923. The fourth-order valence-corrected chi connectivity index (χ4v) is 4.95. The summed E-state index contributed by atoms with van der Waals surface area (Å²) in [4.78, 5) is 9.84. The summed E-state index contributed by atoms with van der Waals surface area (Å²) in [5.41, 5.74) is 11.3. The molecule has 7 nitrogen and oxygen atoms in total. The molecular formula is C24H34ClN7. The zero-order valence-corrected chi connectivity index (χ0v) is 20.1. The van der Waals surface area contributed by atoms with Crippen LogP contribution in [0.25, 0.3) is 11.2 Å². The topological polar surface area (TPSA) is 92.8 Å². The van der Waals surface area contributed by atoms with Crippen molar-refractivity contribution in [1.82, 2.24) is 19.9 Å². The smallest absolute Gasteiger partial charge is 0.164 e. The van der Waals surface area contributed by atoms with Gasteiger partial charge in [0.05, 0.1) is 12.0 Å². The van der Waals surface area contributed by atoms with Gasteiger partial charge in [-0.25, -0.2) is 9.97 Å². The first-order chi connectivity index (χ1) is 15.4. The molecule has 0 bridgehead atoms. The Morgan fingerprint density at radius 1 is 1.19 bits per heavy atom. The lowest BCUT2D eigenvalue weighted by Crippen LogP contribution is -2.44. The summed E-state index contributed by atoms with van der Waals surface area (Å²) < 4.78 is 2.12. The third-order valence-electron chi connectivity index (χ3n) is 6.37. The van der Waals surface area contributed by atoms with Gasteiger partial charge in [0.15, 0.2) is 5.65 Å². The molecule has 1 aliphatic rings. The number of benzene rings is 1. The van der Waals surface area contributed by atoms with E-state index in [0.29, 0.717) is 22.8 Å². The molecule has 2 aromatic heterocycles. The lowest BCUT2D eigenvalue weighted by molar-refractivity contribution is 0.361. The second-order valence-corrected chi connectivity index (χ2v) is 9.35. The molecule has 8 heteroatoms. The van der Waals surface area contributed by atoms with E-state index in [0.717, 1.165) is 46.8 Å². The number of nitrogen functional groups attached to an aromatic ring is 1. The number of pyridine rings is 1. The minimum atomic E-state index is 0.252. The van der Waals surface area contributed by atoms with E-state index in [1.165, 1.54) is 19.3 Å². The number of hydrogen-bond acceptors (Lipinski definition) is 6. The summed E-state index contributed by atoms with van der Waals surface area (Å²) in [6.45, 7) is 6.44. The first-order valence-corrected chi connectivity index (χ1v) is 11.9. The Bertz CT molecular complexity index is 1070. The van der Waals surface area contributed by atoms with Gasteiger partial charge < -0.3 is 26.3 Å². The van der Waals surface area contributed by atoms with Crippen LogP contribution in [0.3, 0.4) is 0 Å². The van der Waals surface area contributed by atoms with Gasteiger partial charge in [-0.15, -0.1) is 0 Å². The maximum atomic E-state index is 6.27. The van der Waals surface area contributed by atoms with Crippen LogP contribution in [0.4, 0.5) is 22.9 Å². The number of nitrogens with one attached hydrogen (secondary N) is 3. The van der Waals surface area contributed by atoms with Gasteiger partial charge in [-0.2, -0.15) is 0 Å². The Labute approximate surface area is 195 Å². The molecule has 0 spiro atoms. The fourth-order valence-electron chi connectivity index (χ4n) is 4.71. The van der Waals surface area contributed by atoms with E-state index in [-0.39, 0.29) is 6.04 Å². The van der Waals surface area contributed by atoms with Crippen molar-refractivity contribution in [3.8, 4) is 0 Å². The number of rotatable bonds is 7. The van der Waals surface area contributed by atoms with Gasteiger partial charge in [0.2, 0.25) is 0 Å². The van der Waals surface area contributed by atoms with E-state index >= 15 is 0 Å². The van der Waals surface area contributed by atoms with E-state index in [9.17, 15) is 0 Å². The lowest BCUT2D eigenvalue weighted by atomic mass is 9.90. The predicted octanol–water partition coefficient (Wildman–Crippen LogP) is 5.50. The van der Waals surface area contributed by atoms with Crippen LogP contribution >= 0.6 is 11.6 Å². The number of nitrogens with zero attached hydrogens (tertiary/aromatic N) is 3. The van der Waals surface area contributed by atoms with Crippen molar-refractivity contribution >= 4 is 45.6 Å². The molecule has 2 heterocycles. The average molecular weight is 456 g/mol. The van der Waals surface area contributed by atoms with Gasteiger partial charge in [0.25, 0.3) is 0 Å². The number of fused-ring (bicyclic) bond motifs is 1. The Balaban J connectivity index is 1.84. The molecule has 1 saturated carbocycles. The SMILES string of the molecule is CCc1c(N[C@H]2CCCC[C@@H]2NC)nc2c(ncn2C(C)C)c1Nc1cc(N)cc(Cl)c1. The van der Waals surface area contributed by atoms with Crippen LogP contribution in [-0.4, -0.2) is 33.7 Å². The molecule has 0 aliphatic heterocycles. The van der Waals surface area contributed by atoms with Crippen molar-refractivity contribution in [1.29, 1.82) is 0 Å². The molecule has 2 atom stereocenters. The molecule has 1 fully saturated rings. The van der Waals surface area contributed by atoms with E-state index in [1.54, 1.807) is 6.07 Å². The Hall–Kier alpha value is -2.51. The second-order valence-electron chi connectivity index (χ2n) is 8.91. The van der Waals surface area contributed by atoms with Crippen molar-refractivity contribution in [2.75, 3.05) is 23.4 Å². The molecule has 32 heavy (non-hydrogen) atoms. The minimum absolute atomic E-state index is 0.252. The Morgan fingerprint density at radius 2 is 1.94 bits per heavy atom. The largest absolute Gasteiger partial charge is 0.399 e. The molecule has 0 unspecified atom stereocenters. The van der Waals surface area contributed by atoms with E-state index in [2.05, 4.69) is 41.3 Å². The van der Waals surface area contributed by atoms with E-state index in [1.807, 2.05) is 25.5 Å². The first kappa shape index (κ1) is 22.7. The number of halogens is 1. The number of nitrogens with two attached hydrogens (primary N) is 1. The molecule has 5 N–H and O–H groups in total. The molecule has 4 rings (SSSR count). The third-order valence-corrected chi connectivity index (χ3v) is 6.59. The summed E-state index contributed by atoms with van der Waals surface area (Å²) in [6, 6.07) is 6.55. The van der Waals surface area contributed by atoms with Crippen molar-refractivity contribution in [3.05, 3.63) is 35.1 Å². The van der Waals surface area contributed by atoms with E-state index < -0.39 is 0 Å². The molecule has 1 aliphatic carbocycles. The van der Waals surface area contributed by atoms with Crippen LogP contribution in [-0.2, 0) is 6.42 Å². The standard InChI is InChI=1S/C24H34ClN7/c1-5-18-21(29-17-11-15(25)10-16(26)12-17)22-24(32(13-28-22)14(2)3)31-23(18)30-20-9-7-6-8-19(20)27-4/h10-14,19-20,27H,5-9,26H2,1-4H3,(H2,29,30,31)/t19-,20-/m0/s1. The second kappa shape index (κ2) is 9.55.